The molecule has 1 saturated carbocycles. The Hall–Kier alpha value is -0.670. The van der Waals surface area contributed by atoms with Crippen LogP contribution in [0.15, 0.2) is 24.3 Å². The summed E-state index contributed by atoms with van der Waals surface area (Å²) in [6, 6.07) is 9.33. The Labute approximate surface area is 127 Å². The van der Waals surface area contributed by atoms with Gasteiger partial charge in [0.15, 0.2) is 0 Å². The highest BCUT2D eigenvalue weighted by Gasteiger charge is 2.21. The molecule has 3 heteroatoms. The van der Waals surface area contributed by atoms with Gasteiger partial charge in [0.2, 0.25) is 0 Å². The van der Waals surface area contributed by atoms with Gasteiger partial charge in [0.1, 0.15) is 5.75 Å². The third-order valence-electron chi connectivity index (χ3n) is 3.89. The summed E-state index contributed by atoms with van der Waals surface area (Å²) in [4.78, 5) is 0. The molecule has 1 N–H and O–H groups in total. The van der Waals surface area contributed by atoms with E-state index in [4.69, 9.17) is 4.74 Å². The molecule has 20 heavy (non-hydrogen) atoms. The third kappa shape index (κ3) is 5.76. The zero-order chi connectivity index (χ0) is 14.2. The largest absolute Gasteiger partial charge is 0.497 e. The Kier molecular flexibility index (Phi) is 6.74. The van der Waals surface area contributed by atoms with Crippen LogP contribution in [0.3, 0.4) is 0 Å². The fraction of sp³-hybridized carbons (Fsp3) is 0.647. The van der Waals surface area contributed by atoms with Gasteiger partial charge in [-0.15, -0.1) is 0 Å². The van der Waals surface area contributed by atoms with Crippen LogP contribution in [0, 0.1) is 5.92 Å². The molecule has 0 aromatic heterocycles. The topological polar surface area (TPSA) is 21.3 Å². The van der Waals surface area contributed by atoms with Crippen molar-refractivity contribution >= 4 is 11.8 Å². The lowest BCUT2D eigenvalue weighted by molar-refractivity contribution is 0.411. The van der Waals surface area contributed by atoms with Crippen LogP contribution in [-0.4, -0.2) is 31.7 Å². The van der Waals surface area contributed by atoms with Gasteiger partial charge in [0, 0.05) is 6.04 Å². The lowest BCUT2D eigenvalue weighted by atomic mass is 9.94. The van der Waals surface area contributed by atoms with E-state index in [0.29, 0.717) is 0 Å². The molecule has 1 aromatic rings. The van der Waals surface area contributed by atoms with Crippen LogP contribution >= 0.6 is 11.8 Å². The molecule has 1 unspecified atom stereocenters. The first-order valence-corrected chi connectivity index (χ1v) is 9.06. The van der Waals surface area contributed by atoms with E-state index in [2.05, 4.69) is 29.8 Å². The minimum absolute atomic E-state index is 0.745. The fourth-order valence-electron chi connectivity index (χ4n) is 2.55. The van der Waals surface area contributed by atoms with Crippen LogP contribution in [0.5, 0.6) is 5.75 Å². The van der Waals surface area contributed by atoms with E-state index in [9.17, 15) is 0 Å². The summed E-state index contributed by atoms with van der Waals surface area (Å²) in [5.74, 6) is 2.99. The van der Waals surface area contributed by atoms with Gasteiger partial charge < -0.3 is 10.1 Å². The number of benzene rings is 1. The van der Waals surface area contributed by atoms with Crippen LogP contribution < -0.4 is 10.1 Å². The SMILES string of the molecule is COc1cccc(CC(CCCSC)CNC2CC2)c1. The van der Waals surface area contributed by atoms with E-state index in [1.54, 1.807) is 7.11 Å². The van der Waals surface area contributed by atoms with Gasteiger partial charge in [-0.1, -0.05) is 12.1 Å². The molecule has 1 aromatic carbocycles. The van der Waals surface area contributed by atoms with Gasteiger partial charge in [0.25, 0.3) is 0 Å². The number of nitrogens with one attached hydrogen (secondary N) is 1. The first-order valence-electron chi connectivity index (χ1n) is 7.67. The normalized spacial score (nSPS) is 16.1. The molecule has 2 rings (SSSR count). The molecule has 1 aliphatic carbocycles. The zero-order valence-corrected chi connectivity index (χ0v) is 13.5. The van der Waals surface area contributed by atoms with Gasteiger partial charge in [-0.25, -0.2) is 0 Å². The molecule has 0 saturated heterocycles. The van der Waals surface area contributed by atoms with Gasteiger partial charge >= 0.3 is 0 Å². The van der Waals surface area contributed by atoms with Crippen LogP contribution in [0.1, 0.15) is 31.2 Å². The van der Waals surface area contributed by atoms with Crippen molar-refractivity contribution in [2.45, 2.75) is 38.1 Å². The minimum Gasteiger partial charge on any atom is -0.497 e. The molecule has 112 valence electrons. The lowest BCUT2D eigenvalue weighted by Gasteiger charge is -2.18. The number of thioether (sulfide) groups is 1. The molecule has 0 aliphatic heterocycles. The summed E-state index contributed by atoms with van der Waals surface area (Å²) in [5, 5.41) is 3.69. The second-order valence-electron chi connectivity index (χ2n) is 5.74. The molecule has 0 amide bonds. The number of rotatable bonds is 10. The molecule has 0 radical (unpaired) electrons. The number of ether oxygens (including phenoxy) is 1. The van der Waals surface area contributed by atoms with E-state index >= 15 is 0 Å². The molecule has 1 atom stereocenters. The van der Waals surface area contributed by atoms with Crippen molar-refractivity contribution in [3.63, 3.8) is 0 Å². The molecular weight excluding hydrogens is 266 g/mol. The Morgan fingerprint density at radius 3 is 2.95 bits per heavy atom. The summed E-state index contributed by atoms with van der Waals surface area (Å²) in [5.41, 5.74) is 1.40. The average Bonchev–Trinajstić information content (AvgIpc) is 3.29. The predicted octanol–water partition coefficient (Wildman–Crippen LogP) is 3.75. The third-order valence-corrected chi connectivity index (χ3v) is 4.59. The van der Waals surface area contributed by atoms with Crippen molar-refractivity contribution in [1.82, 2.24) is 5.32 Å². The van der Waals surface area contributed by atoms with E-state index in [1.165, 1.54) is 37.0 Å². The minimum atomic E-state index is 0.745. The van der Waals surface area contributed by atoms with E-state index < -0.39 is 0 Å². The predicted molar refractivity (Wildman–Crippen MR) is 88.8 cm³/mol. The second kappa shape index (κ2) is 8.58. The Morgan fingerprint density at radius 1 is 1.40 bits per heavy atom. The summed E-state index contributed by atoms with van der Waals surface area (Å²) >= 11 is 1.95. The van der Waals surface area contributed by atoms with Crippen molar-refractivity contribution in [2.24, 2.45) is 5.92 Å². The quantitative estimate of drug-likeness (QED) is 0.664. The monoisotopic (exact) mass is 293 g/mol. The van der Waals surface area contributed by atoms with Gasteiger partial charge in [-0.3, -0.25) is 0 Å². The lowest BCUT2D eigenvalue weighted by Crippen LogP contribution is -2.26. The maximum Gasteiger partial charge on any atom is 0.119 e. The molecule has 0 spiro atoms. The smallest absolute Gasteiger partial charge is 0.119 e. The number of methoxy groups -OCH3 is 1. The average molecular weight is 293 g/mol. The molecule has 2 nitrogen and oxygen atoms in total. The van der Waals surface area contributed by atoms with Gasteiger partial charge in [-0.05, 0) is 74.3 Å². The molecule has 1 fully saturated rings. The molecule has 0 bridgehead atoms. The second-order valence-corrected chi connectivity index (χ2v) is 6.72. The van der Waals surface area contributed by atoms with Crippen molar-refractivity contribution < 1.29 is 4.74 Å². The Bertz CT molecular complexity index is 392. The summed E-state index contributed by atoms with van der Waals surface area (Å²) in [6.07, 6.45) is 8.73. The van der Waals surface area contributed by atoms with E-state index in [-0.39, 0.29) is 0 Å². The number of hydrogen-bond donors (Lipinski definition) is 1. The standard InChI is InChI=1S/C17H27NOS/c1-19-17-7-3-5-14(12-17)11-15(6-4-10-20-2)13-18-16-8-9-16/h3,5,7,12,15-16,18H,4,6,8-11,13H2,1-2H3. The Morgan fingerprint density at radius 2 is 2.25 bits per heavy atom. The maximum absolute atomic E-state index is 5.32. The molecule has 0 heterocycles. The van der Waals surface area contributed by atoms with Crippen LogP contribution in [0.25, 0.3) is 0 Å². The highest BCUT2D eigenvalue weighted by Crippen LogP contribution is 2.22. The Balaban J connectivity index is 1.85. The summed E-state index contributed by atoms with van der Waals surface area (Å²) in [7, 11) is 1.74. The van der Waals surface area contributed by atoms with E-state index in [0.717, 1.165) is 30.7 Å². The molecule has 1 aliphatic rings. The summed E-state index contributed by atoms with van der Waals surface area (Å²) < 4.78 is 5.32. The van der Waals surface area contributed by atoms with Crippen LogP contribution in [-0.2, 0) is 6.42 Å². The fourth-order valence-corrected chi connectivity index (χ4v) is 3.00. The van der Waals surface area contributed by atoms with E-state index in [1.807, 2.05) is 17.8 Å². The zero-order valence-electron chi connectivity index (χ0n) is 12.7. The first-order chi connectivity index (χ1) is 9.81. The van der Waals surface area contributed by atoms with Crippen molar-refractivity contribution in [1.29, 1.82) is 0 Å². The van der Waals surface area contributed by atoms with Crippen LogP contribution in [0.4, 0.5) is 0 Å². The molecular formula is C17H27NOS. The summed E-state index contributed by atoms with van der Waals surface area (Å²) in [6.45, 7) is 1.16. The highest BCUT2D eigenvalue weighted by atomic mass is 32.2. The van der Waals surface area contributed by atoms with Gasteiger partial charge in [-0.2, -0.15) is 11.8 Å². The highest BCUT2D eigenvalue weighted by molar-refractivity contribution is 7.98. The van der Waals surface area contributed by atoms with Crippen molar-refractivity contribution in [3.05, 3.63) is 29.8 Å². The maximum atomic E-state index is 5.32. The number of hydrogen-bond acceptors (Lipinski definition) is 3. The van der Waals surface area contributed by atoms with Crippen molar-refractivity contribution in [3.8, 4) is 5.75 Å². The first kappa shape index (κ1) is 15.7. The van der Waals surface area contributed by atoms with Gasteiger partial charge in [0.05, 0.1) is 7.11 Å². The van der Waals surface area contributed by atoms with Crippen molar-refractivity contribution in [2.75, 3.05) is 25.7 Å². The van der Waals surface area contributed by atoms with Crippen LogP contribution in [0.2, 0.25) is 0 Å².